The minimum Gasteiger partial charge on any atom is -0.393 e. The molecule has 1 aromatic heterocycles. The number of rotatable bonds is 6. The topological polar surface area (TPSA) is 67.2 Å². The largest absolute Gasteiger partial charge is 0.393 e. The number of carbonyl (C=O) groups excluding carboxylic acids is 1. The molecule has 2 aromatic rings. The van der Waals surface area contributed by atoms with E-state index >= 15 is 0 Å². The van der Waals surface area contributed by atoms with Crippen LogP contribution in [0, 0.1) is 5.92 Å². The van der Waals surface area contributed by atoms with Crippen molar-refractivity contribution in [3.8, 4) is 5.69 Å². The Bertz CT molecular complexity index is 579. The van der Waals surface area contributed by atoms with Gasteiger partial charge in [0.05, 0.1) is 11.8 Å². The molecule has 112 valence electrons. The second-order valence-corrected chi connectivity index (χ2v) is 5.40. The predicted octanol–water partition coefficient (Wildman–Crippen LogP) is 2.01. The fourth-order valence-corrected chi connectivity index (χ4v) is 2.25. The van der Waals surface area contributed by atoms with Crippen molar-refractivity contribution in [1.29, 1.82) is 0 Å². The summed E-state index contributed by atoms with van der Waals surface area (Å²) in [6.07, 6.45) is 3.86. The molecule has 2 rings (SSSR count). The fourth-order valence-electron chi connectivity index (χ4n) is 2.25. The first-order valence-electron chi connectivity index (χ1n) is 7.12. The fraction of sp³-hybridized carbons (Fsp3) is 0.375. The maximum atomic E-state index is 12.2. The molecule has 2 atom stereocenters. The van der Waals surface area contributed by atoms with Crippen LogP contribution in [0.15, 0.2) is 42.7 Å². The molecule has 0 bridgehead atoms. The van der Waals surface area contributed by atoms with Crippen LogP contribution in [0.3, 0.4) is 0 Å². The number of aromatic nitrogens is 2. The molecule has 21 heavy (non-hydrogen) atoms. The standard InChI is InChI=1S/C16H21N3O2/c1-12(9-13(2)20)11-17-16(21)14-5-3-6-15(10-14)19-8-4-7-18-19/h3-8,10,12-13,20H,9,11H2,1-2H3,(H,17,21). The van der Waals surface area contributed by atoms with Crippen molar-refractivity contribution < 1.29 is 9.90 Å². The Morgan fingerprint density at radius 3 is 2.86 bits per heavy atom. The zero-order valence-corrected chi connectivity index (χ0v) is 12.4. The Hall–Kier alpha value is -2.14. The number of nitrogens with zero attached hydrogens (tertiary/aromatic N) is 2. The van der Waals surface area contributed by atoms with Crippen molar-refractivity contribution in [3.63, 3.8) is 0 Å². The molecule has 1 heterocycles. The lowest BCUT2D eigenvalue weighted by atomic mass is 10.0. The molecule has 0 saturated carbocycles. The van der Waals surface area contributed by atoms with Crippen LogP contribution in [0.5, 0.6) is 0 Å². The predicted molar refractivity (Wildman–Crippen MR) is 81.4 cm³/mol. The summed E-state index contributed by atoms with van der Waals surface area (Å²) < 4.78 is 1.72. The third kappa shape index (κ3) is 4.43. The van der Waals surface area contributed by atoms with Gasteiger partial charge in [-0.2, -0.15) is 5.10 Å². The summed E-state index contributed by atoms with van der Waals surface area (Å²) in [7, 11) is 0. The van der Waals surface area contributed by atoms with Gasteiger partial charge in [0.1, 0.15) is 0 Å². The Balaban J connectivity index is 1.98. The zero-order valence-electron chi connectivity index (χ0n) is 12.4. The lowest BCUT2D eigenvalue weighted by Gasteiger charge is -2.14. The normalized spacial score (nSPS) is 13.7. The van der Waals surface area contributed by atoms with E-state index in [1.807, 2.05) is 37.4 Å². The highest BCUT2D eigenvalue weighted by Crippen LogP contribution is 2.10. The van der Waals surface area contributed by atoms with Crippen LogP contribution in [0.25, 0.3) is 5.69 Å². The lowest BCUT2D eigenvalue weighted by molar-refractivity contribution is 0.0939. The molecule has 0 radical (unpaired) electrons. The van der Waals surface area contributed by atoms with Gasteiger partial charge >= 0.3 is 0 Å². The Kier molecular flexibility index (Phi) is 5.11. The van der Waals surface area contributed by atoms with Gasteiger partial charge in [-0.3, -0.25) is 4.79 Å². The third-order valence-corrected chi connectivity index (χ3v) is 3.23. The number of hydrogen-bond acceptors (Lipinski definition) is 3. The molecule has 2 N–H and O–H groups in total. The Morgan fingerprint density at radius 2 is 2.19 bits per heavy atom. The van der Waals surface area contributed by atoms with E-state index in [0.717, 1.165) is 5.69 Å². The van der Waals surface area contributed by atoms with E-state index in [-0.39, 0.29) is 17.9 Å². The first-order valence-corrected chi connectivity index (χ1v) is 7.12. The van der Waals surface area contributed by atoms with Gasteiger partial charge in [0.15, 0.2) is 0 Å². The van der Waals surface area contributed by atoms with E-state index in [0.29, 0.717) is 18.5 Å². The van der Waals surface area contributed by atoms with Crippen LogP contribution in [0.4, 0.5) is 0 Å². The van der Waals surface area contributed by atoms with Crippen LogP contribution >= 0.6 is 0 Å². The van der Waals surface area contributed by atoms with Gasteiger partial charge < -0.3 is 10.4 Å². The maximum absolute atomic E-state index is 12.2. The summed E-state index contributed by atoms with van der Waals surface area (Å²) in [6, 6.07) is 9.17. The second-order valence-electron chi connectivity index (χ2n) is 5.40. The first-order chi connectivity index (χ1) is 10.1. The monoisotopic (exact) mass is 287 g/mol. The lowest BCUT2D eigenvalue weighted by Crippen LogP contribution is -2.29. The van der Waals surface area contributed by atoms with Crippen molar-refractivity contribution in [1.82, 2.24) is 15.1 Å². The minimum atomic E-state index is -0.347. The SMILES string of the molecule is CC(O)CC(C)CNC(=O)c1cccc(-n2cccn2)c1. The summed E-state index contributed by atoms with van der Waals surface area (Å²) in [4.78, 5) is 12.2. The second kappa shape index (κ2) is 7.04. The van der Waals surface area contributed by atoms with Crippen LogP contribution in [-0.2, 0) is 0 Å². The number of hydrogen-bond donors (Lipinski definition) is 2. The number of benzene rings is 1. The zero-order chi connectivity index (χ0) is 15.2. The van der Waals surface area contributed by atoms with E-state index in [4.69, 9.17) is 0 Å². The molecule has 1 amide bonds. The highest BCUT2D eigenvalue weighted by molar-refractivity contribution is 5.94. The van der Waals surface area contributed by atoms with Crippen molar-refractivity contribution in [2.24, 2.45) is 5.92 Å². The van der Waals surface area contributed by atoms with Gasteiger partial charge in [-0.1, -0.05) is 13.0 Å². The van der Waals surface area contributed by atoms with E-state index in [9.17, 15) is 9.90 Å². The Labute approximate surface area is 124 Å². The Morgan fingerprint density at radius 1 is 1.38 bits per heavy atom. The molecule has 0 spiro atoms. The van der Waals surface area contributed by atoms with E-state index < -0.39 is 0 Å². The minimum absolute atomic E-state index is 0.110. The van der Waals surface area contributed by atoms with Crippen LogP contribution < -0.4 is 5.32 Å². The third-order valence-electron chi connectivity index (χ3n) is 3.23. The van der Waals surface area contributed by atoms with E-state index in [1.54, 1.807) is 23.9 Å². The van der Waals surface area contributed by atoms with Gasteiger partial charge in [0, 0.05) is 24.5 Å². The number of amides is 1. The van der Waals surface area contributed by atoms with E-state index in [1.165, 1.54) is 0 Å². The molecule has 0 saturated heterocycles. The molecular formula is C16H21N3O2. The molecule has 1 aromatic carbocycles. The first kappa shape index (κ1) is 15.3. The van der Waals surface area contributed by atoms with Crippen molar-refractivity contribution in [2.75, 3.05) is 6.54 Å². The molecular weight excluding hydrogens is 266 g/mol. The van der Waals surface area contributed by atoms with Gasteiger partial charge in [-0.05, 0) is 43.5 Å². The van der Waals surface area contributed by atoms with Crippen molar-refractivity contribution in [3.05, 3.63) is 48.3 Å². The molecule has 5 nitrogen and oxygen atoms in total. The van der Waals surface area contributed by atoms with Crippen molar-refractivity contribution >= 4 is 5.91 Å². The molecule has 5 heteroatoms. The molecule has 0 aliphatic heterocycles. The van der Waals surface area contributed by atoms with Gasteiger partial charge in [-0.15, -0.1) is 0 Å². The van der Waals surface area contributed by atoms with Crippen LogP contribution in [0.1, 0.15) is 30.6 Å². The number of aliphatic hydroxyl groups excluding tert-OH is 1. The summed E-state index contributed by atoms with van der Waals surface area (Å²) in [5, 5.41) is 16.4. The maximum Gasteiger partial charge on any atom is 0.251 e. The summed E-state index contributed by atoms with van der Waals surface area (Å²) >= 11 is 0. The average molecular weight is 287 g/mol. The summed E-state index contributed by atoms with van der Waals surface area (Å²) in [5.74, 6) is 0.129. The average Bonchev–Trinajstić information content (AvgIpc) is 2.98. The van der Waals surface area contributed by atoms with Gasteiger partial charge in [-0.25, -0.2) is 4.68 Å². The van der Waals surface area contributed by atoms with Crippen LogP contribution in [0.2, 0.25) is 0 Å². The number of aliphatic hydroxyl groups is 1. The highest BCUT2D eigenvalue weighted by Gasteiger charge is 2.10. The quantitative estimate of drug-likeness (QED) is 0.854. The summed E-state index contributed by atoms with van der Waals surface area (Å²) in [5.41, 5.74) is 1.46. The summed E-state index contributed by atoms with van der Waals surface area (Å²) in [6.45, 7) is 4.31. The van der Waals surface area contributed by atoms with Gasteiger partial charge in [0.25, 0.3) is 5.91 Å². The van der Waals surface area contributed by atoms with Crippen molar-refractivity contribution in [2.45, 2.75) is 26.4 Å². The molecule has 0 fully saturated rings. The van der Waals surface area contributed by atoms with Crippen LogP contribution in [-0.4, -0.2) is 33.4 Å². The highest BCUT2D eigenvalue weighted by atomic mass is 16.3. The smallest absolute Gasteiger partial charge is 0.251 e. The molecule has 2 unspecified atom stereocenters. The van der Waals surface area contributed by atoms with E-state index in [2.05, 4.69) is 10.4 Å². The number of nitrogens with one attached hydrogen (secondary N) is 1. The molecule has 0 aliphatic carbocycles. The van der Waals surface area contributed by atoms with Gasteiger partial charge in [0.2, 0.25) is 0 Å². The number of carbonyl (C=O) groups is 1. The molecule has 0 aliphatic rings.